The zero-order valence-electron chi connectivity index (χ0n) is 6.33. The van der Waals surface area contributed by atoms with Gasteiger partial charge in [-0.3, -0.25) is 14.9 Å². The van der Waals surface area contributed by atoms with Crippen molar-refractivity contribution in [1.29, 1.82) is 5.26 Å². The Morgan fingerprint density at radius 1 is 1.73 bits per heavy atom. The van der Waals surface area contributed by atoms with Crippen LogP contribution in [0.2, 0.25) is 0 Å². The summed E-state index contributed by atoms with van der Waals surface area (Å²) in [7, 11) is 0. The fraction of sp³-hybridized carbons (Fsp3) is 0.667. The maximum Gasteiger partial charge on any atom is 0.262 e. The summed E-state index contributed by atoms with van der Waals surface area (Å²) in [5.41, 5.74) is -1.24. The van der Waals surface area contributed by atoms with Gasteiger partial charge in [0.15, 0.2) is 0 Å². The first-order valence-corrected chi connectivity index (χ1v) is 2.96. The monoisotopic (exact) mass is 156 g/mol. The molecular formula is C6H8N2O3. The van der Waals surface area contributed by atoms with E-state index in [9.17, 15) is 14.9 Å². The van der Waals surface area contributed by atoms with Gasteiger partial charge in [0.05, 0.1) is 6.07 Å². The van der Waals surface area contributed by atoms with E-state index >= 15 is 0 Å². The van der Waals surface area contributed by atoms with E-state index < -0.39 is 22.7 Å². The van der Waals surface area contributed by atoms with Gasteiger partial charge in [-0.1, -0.05) is 0 Å². The highest BCUT2D eigenvalue weighted by Crippen LogP contribution is 2.13. The number of nitro groups is 1. The van der Waals surface area contributed by atoms with Gasteiger partial charge in [0.25, 0.3) is 6.54 Å². The van der Waals surface area contributed by atoms with Gasteiger partial charge in [-0.25, -0.2) is 0 Å². The van der Waals surface area contributed by atoms with Crippen molar-refractivity contribution >= 4 is 5.78 Å². The van der Waals surface area contributed by atoms with E-state index in [0.717, 1.165) is 0 Å². The van der Waals surface area contributed by atoms with Crippen LogP contribution in [0.1, 0.15) is 13.8 Å². The number of rotatable bonds is 3. The summed E-state index contributed by atoms with van der Waals surface area (Å²) >= 11 is 0. The largest absolute Gasteiger partial charge is 0.291 e. The molecule has 0 aromatic rings. The molecule has 0 amide bonds. The van der Waals surface area contributed by atoms with Gasteiger partial charge in [0.1, 0.15) is 5.41 Å². The summed E-state index contributed by atoms with van der Waals surface area (Å²) in [6.45, 7) is 1.94. The molecule has 0 unspecified atom stereocenters. The fourth-order valence-electron chi connectivity index (χ4n) is 0.377. The molecule has 0 radical (unpaired) electrons. The molecule has 0 aromatic carbocycles. The smallest absolute Gasteiger partial charge is 0.262 e. The van der Waals surface area contributed by atoms with Crippen LogP contribution < -0.4 is 0 Å². The maximum absolute atomic E-state index is 10.8. The number of carbonyl (C=O) groups excluding carboxylic acids is 1. The van der Waals surface area contributed by atoms with Crippen LogP contribution in [0.3, 0.4) is 0 Å². The van der Waals surface area contributed by atoms with Crippen LogP contribution in [0.5, 0.6) is 0 Å². The molecule has 0 saturated carbocycles. The van der Waals surface area contributed by atoms with Gasteiger partial charge in [-0.05, 0) is 13.8 Å². The zero-order chi connectivity index (χ0) is 9.07. The summed E-state index contributed by atoms with van der Waals surface area (Å²) < 4.78 is 0. The lowest BCUT2D eigenvalue weighted by Gasteiger charge is -2.08. The molecule has 11 heavy (non-hydrogen) atoms. The molecule has 60 valence electrons. The first kappa shape index (κ1) is 9.56. The van der Waals surface area contributed by atoms with Gasteiger partial charge >= 0.3 is 0 Å². The van der Waals surface area contributed by atoms with E-state index in [-0.39, 0.29) is 0 Å². The van der Waals surface area contributed by atoms with Crippen LogP contribution in [-0.4, -0.2) is 17.3 Å². The molecule has 5 heteroatoms. The number of hydrogen-bond donors (Lipinski definition) is 0. The molecule has 0 atom stereocenters. The Labute approximate surface area is 63.8 Å². The Balaban J connectivity index is 4.28. The highest BCUT2D eigenvalue weighted by molar-refractivity contribution is 5.87. The second kappa shape index (κ2) is 3.10. The minimum atomic E-state index is -1.24. The van der Waals surface area contributed by atoms with Crippen LogP contribution >= 0.6 is 0 Å². The van der Waals surface area contributed by atoms with E-state index in [0.29, 0.717) is 0 Å². The normalized spacial score (nSPS) is 10.3. The molecule has 0 spiro atoms. The van der Waals surface area contributed by atoms with Crippen LogP contribution in [0, 0.1) is 26.9 Å². The summed E-state index contributed by atoms with van der Waals surface area (Å²) in [5.74, 6) is -0.662. The van der Waals surface area contributed by atoms with Crippen molar-refractivity contribution in [3.63, 3.8) is 0 Å². The predicted molar refractivity (Wildman–Crippen MR) is 36.3 cm³/mol. The Hall–Kier alpha value is -1.44. The highest BCUT2D eigenvalue weighted by atomic mass is 16.6. The molecule has 0 aliphatic heterocycles. The fourth-order valence-corrected chi connectivity index (χ4v) is 0.377. The number of ketones is 1. The van der Waals surface area contributed by atoms with Crippen molar-refractivity contribution in [3.05, 3.63) is 10.1 Å². The number of Topliss-reactive ketones (excluding diaryl/α,β-unsaturated/α-hetero) is 1. The molecule has 5 nitrogen and oxygen atoms in total. The Bertz CT molecular complexity index is 226. The lowest BCUT2D eigenvalue weighted by molar-refractivity contribution is -0.468. The summed E-state index contributed by atoms with van der Waals surface area (Å²) in [6, 6.07) is 1.69. The molecule has 0 aromatic heterocycles. The van der Waals surface area contributed by atoms with Crippen molar-refractivity contribution in [2.24, 2.45) is 5.41 Å². The molecule has 0 heterocycles. The lowest BCUT2D eigenvalue weighted by atomic mass is 9.90. The molecule has 0 fully saturated rings. The van der Waals surface area contributed by atoms with Crippen molar-refractivity contribution in [2.45, 2.75) is 13.8 Å². The summed E-state index contributed by atoms with van der Waals surface area (Å²) in [5, 5.41) is 18.2. The van der Waals surface area contributed by atoms with Crippen molar-refractivity contribution in [3.8, 4) is 6.07 Å². The number of hydrogen-bond acceptors (Lipinski definition) is 4. The van der Waals surface area contributed by atoms with Crippen LogP contribution in [-0.2, 0) is 4.79 Å². The van der Waals surface area contributed by atoms with Crippen molar-refractivity contribution < 1.29 is 9.72 Å². The standard InChI is InChI=1S/C6H8N2O3/c1-6(2,4-7)5(9)3-8(10)11/h3H2,1-2H3. The maximum atomic E-state index is 10.8. The van der Waals surface area contributed by atoms with Gasteiger partial charge in [0, 0.05) is 4.92 Å². The molecule has 0 saturated heterocycles. The van der Waals surface area contributed by atoms with E-state index in [2.05, 4.69) is 0 Å². The molecular weight excluding hydrogens is 148 g/mol. The zero-order valence-corrected chi connectivity index (χ0v) is 6.33. The molecule has 0 rings (SSSR count). The first-order valence-electron chi connectivity index (χ1n) is 2.96. The third kappa shape index (κ3) is 2.76. The number of nitrogens with zero attached hydrogens (tertiary/aromatic N) is 2. The van der Waals surface area contributed by atoms with E-state index in [1.165, 1.54) is 13.8 Å². The van der Waals surface area contributed by atoms with Crippen LogP contribution in [0.15, 0.2) is 0 Å². The van der Waals surface area contributed by atoms with Gasteiger partial charge in [-0.2, -0.15) is 5.26 Å². The second-order valence-electron chi connectivity index (χ2n) is 2.65. The molecule has 0 bridgehead atoms. The molecule has 0 aliphatic carbocycles. The summed E-state index contributed by atoms with van der Waals surface area (Å²) in [6.07, 6.45) is 0. The van der Waals surface area contributed by atoms with Gasteiger partial charge in [0.2, 0.25) is 5.78 Å². The van der Waals surface area contributed by atoms with Crippen LogP contribution in [0.4, 0.5) is 0 Å². The number of nitriles is 1. The highest BCUT2D eigenvalue weighted by Gasteiger charge is 2.30. The van der Waals surface area contributed by atoms with Crippen LogP contribution in [0.25, 0.3) is 0 Å². The van der Waals surface area contributed by atoms with Gasteiger partial charge in [-0.15, -0.1) is 0 Å². The minimum Gasteiger partial charge on any atom is -0.291 e. The third-order valence-electron chi connectivity index (χ3n) is 1.25. The third-order valence-corrected chi connectivity index (χ3v) is 1.25. The minimum absolute atomic E-state index is 0.662. The Morgan fingerprint density at radius 3 is 2.45 bits per heavy atom. The first-order chi connectivity index (χ1) is 4.90. The summed E-state index contributed by atoms with van der Waals surface area (Å²) in [4.78, 5) is 20.0. The SMILES string of the molecule is CC(C)(C#N)C(=O)C[N+](=O)[O-]. The Kier molecular flexibility index (Phi) is 2.70. The predicted octanol–water partition coefficient (Wildman–Crippen LogP) is 0.382. The average Bonchev–Trinajstić information content (AvgIpc) is 1.86. The van der Waals surface area contributed by atoms with Crippen molar-refractivity contribution in [1.82, 2.24) is 0 Å². The quantitative estimate of drug-likeness (QED) is 0.436. The van der Waals surface area contributed by atoms with E-state index in [1.807, 2.05) is 0 Å². The number of carbonyl (C=O) groups is 1. The molecule has 0 N–H and O–H groups in total. The average molecular weight is 156 g/mol. The van der Waals surface area contributed by atoms with E-state index in [4.69, 9.17) is 5.26 Å². The lowest BCUT2D eigenvalue weighted by Crippen LogP contribution is -2.28. The second-order valence-corrected chi connectivity index (χ2v) is 2.65. The molecule has 0 aliphatic rings. The van der Waals surface area contributed by atoms with E-state index in [1.54, 1.807) is 6.07 Å². The topological polar surface area (TPSA) is 84.0 Å². The van der Waals surface area contributed by atoms with Crippen molar-refractivity contribution in [2.75, 3.05) is 6.54 Å². The Morgan fingerprint density at radius 2 is 2.18 bits per heavy atom. The van der Waals surface area contributed by atoms with Gasteiger partial charge < -0.3 is 0 Å².